The maximum absolute atomic E-state index is 5.71. The van der Waals surface area contributed by atoms with Crippen LogP contribution in [0.4, 0.5) is 0 Å². The fraction of sp³-hybridized carbons (Fsp3) is 0.400. The van der Waals surface area contributed by atoms with Gasteiger partial charge in [0.25, 0.3) is 0 Å². The summed E-state index contributed by atoms with van der Waals surface area (Å²) in [6.07, 6.45) is 5.72. The number of nitrogens with one attached hydrogen (secondary N) is 1. The molecular weight excluding hydrogens is 268 g/mol. The molecule has 112 valence electrons. The van der Waals surface area contributed by atoms with E-state index in [0.29, 0.717) is 13.2 Å². The zero-order valence-electron chi connectivity index (χ0n) is 12.1. The van der Waals surface area contributed by atoms with Crippen molar-refractivity contribution < 1.29 is 9.47 Å². The van der Waals surface area contributed by atoms with E-state index in [1.807, 2.05) is 42.3 Å². The Bertz CT molecular complexity index is 611. The van der Waals surface area contributed by atoms with Crippen LogP contribution in [0.15, 0.2) is 30.6 Å². The molecule has 0 bridgehead atoms. The number of hydrogen-bond donors (Lipinski definition) is 2. The van der Waals surface area contributed by atoms with Crippen molar-refractivity contribution in [2.75, 3.05) is 13.2 Å². The Balaban J connectivity index is 1.70. The molecule has 0 saturated carbocycles. The number of rotatable bonds is 5. The molecule has 2 aromatic rings. The number of hydrogen-bond acceptors (Lipinski definition) is 5. The largest absolute Gasteiger partial charge is 0.486 e. The molecule has 21 heavy (non-hydrogen) atoms. The Hall–Kier alpha value is -2.05. The van der Waals surface area contributed by atoms with Crippen molar-refractivity contribution in [3.05, 3.63) is 41.7 Å². The van der Waals surface area contributed by atoms with E-state index in [9.17, 15) is 0 Å². The highest BCUT2D eigenvalue weighted by atomic mass is 16.6. The molecule has 1 aliphatic heterocycles. The number of ether oxygens (including phenoxy) is 2. The van der Waals surface area contributed by atoms with Crippen LogP contribution in [0.25, 0.3) is 0 Å². The number of nitrogens with two attached hydrogens (primary N) is 1. The van der Waals surface area contributed by atoms with E-state index in [2.05, 4.69) is 10.5 Å². The van der Waals surface area contributed by atoms with Crippen molar-refractivity contribution in [2.24, 2.45) is 12.9 Å². The molecule has 3 rings (SSSR count). The Morgan fingerprint density at radius 3 is 2.86 bits per heavy atom. The molecule has 0 aliphatic carbocycles. The second-order valence-corrected chi connectivity index (χ2v) is 5.18. The summed E-state index contributed by atoms with van der Waals surface area (Å²) in [5.41, 5.74) is 5.19. The van der Waals surface area contributed by atoms with E-state index >= 15 is 0 Å². The first-order valence-electron chi connectivity index (χ1n) is 7.09. The first-order valence-corrected chi connectivity index (χ1v) is 7.09. The van der Waals surface area contributed by atoms with Crippen molar-refractivity contribution in [3.8, 4) is 11.5 Å². The summed E-state index contributed by atoms with van der Waals surface area (Å²) < 4.78 is 13.0. The van der Waals surface area contributed by atoms with Crippen LogP contribution in [0, 0.1) is 0 Å². The van der Waals surface area contributed by atoms with Crippen LogP contribution in [-0.4, -0.2) is 23.0 Å². The van der Waals surface area contributed by atoms with Gasteiger partial charge in [-0.25, -0.2) is 0 Å². The Morgan fingerprint density at radius 2 is 2.14 bits per heavy atom. The maximum Gasteiger partial charge on any atom is 0.161 e. The first kappa shape index (κ1) is 13.9. The number of benzene rings is 1. The fourth-order valence-corrected chi connectivity index (χ4v) is 2.53. The standard InChI is InChI=1S/C15H20N4O2/c1-19-10-11(9-17-19)2-4-13(18-16)12-3-5-14-15(8-12)21-7-6-20-14/h3,5,8-10,13,18H,2,4,6-7,16H2,1H3. The molecule has 0 radical (unpaired) electrons. The molecular formula is C15H20N4O2. The predicted octanol–water partition coefficient (Wildman–Crippen LogP) is 1.33. The molecule has 1 aromatic heterocycles. The van der Waals surface area contributed by atoms with Crippen LogP contribution in [0.2, 0.25) is 0 Å². The van der Waals surface area contributed by atoms with Gasteiger partial charge in [-0.05, 0) is 36.1 Å². The third-order valence-corrected chi connectivity index (χ3v) is 3.65. The predicted molar refractivity (Wildman–Crippen MR) is 79.0 cm³/mol. The van der Waals surface area contributed by atoms with Crippen LogP contribution < -0.4 is 20.7 Å². The molecule has 1 atom stereocenters. The minimum atomic E-state index is 0.0704. The van der Waals surface area contributed by atoms with E-state index in [0.717, 1.165) is 29.9 Å². The van der Waals surface area contributed by atoms with Crippen molar-refractivity contribution in [1.29, 1.82) is 0 Å². The van der Waals surface area contributed by atoms with Gasteiger partial charge in [0.2, 0.25) is 0 Å². The van der Waals surface area contributed by atoms with Crippen LogP contribution in [0.1, 0.15) is 23.6 Å². The number of aryl methyl sites for hydroxylation is 2. The average Bonchev–Trinajstić information content (AvgIpc) is 2.93. The van der Waals surface area contributed by atoms with Crippen LogP contribution in [0.3, 0.4) is 0 Å². The molecule has 3 N–H and O–H groups in total. The molecule has 0 spiro atoms. The van der Waals surface area contributed by atoms with Gasteiger partial charge >= 0.3 is 0 Å². The molecule has 1 unspecified atom stereocenters. The van der Waals surface area contributed by atoms with Gasteiger partial charge < -0.3 is 9.47 Å². The van der Waals surface area contributed by atoms with Gasteiger partial charge in [-0.2, -0.15) is 5.10 Å². The molecule has 0 fully saturated rings. The lowest BCUT2D eigenvalue weighted by Crippen LogP contribution is -2.28. The minimum absolute atomic E-state index is 0.0704. The van der Waals surface area contributed by atoms with Gasteiger partial charge in [-0.15, -0.1) is 0 Å². The van der Waals surface area contributed by atoms with Gasteiger partial charge in [0.1, 0.15) is 13.2 Å². The van der Waals surface area contributed by atoms with Crippen LogP contribution >= 0.6 is 0 Å². The molecule has 0 amide bonds. The fourth-order valence-electron chi connectivity index (χ4n) is 2.53. The van der Waals surface area contributed by atoms with E-state index in [-0.39, 0.29) is 6.04 Å². The van der Waals surface area contributed by atoms with E-state index in [1.165, 1.54) is 5.56 Å². The zero-order chi connectivity index (χ0) is 14.7. The van der Waals surface area contributed by atoms with E-state index in [4.69, 9.17) is 15.3 Å². The third kappa shape index (κ3) is 3.17. The number of nitrogens with zero attached hydrogens (tertiary/aromatic N) is 2. The topological polar surface area (TPSA) is 74.3 Å². The molecule has 0 saturated heterocycles. The van der Waals surface area contributed by atoms with Gasteiger partial charge in [0, 0.05) is 19.3 Å². The van der Waals surface area contributed by atoms with Gasteiger partial charge in [-0.1, -0.05) is 6.07 Å². The average molecular weight is 288 g/mol. The van der Waals surface area contributed by atoms with Crippen molar-refractivity contribution in [2.45, 2.75) is 18.9 Å². The summed E-state index contributed by atoms with van der Waals surface area (Å²) in [6, 6.07) is 6.04. The summed E-state index contributed by atoms with van der Waals surface area (Å²) >= 11 is 0. The van der Waals surface area contributed by atoms with Crippen molar-refractivity contribution in [1.82, 2.24) is 15.2 Å². The quantitative estimate of drug-likeness (QED) is 0.641. The smallest absolute Gasteiger partial charge is 0.161 e. The first-order chi connectivity index (χ1) is 10.3. The van der Waals surface area contributed by atoms with E-state index < -0.39 is 0 Å². The normalized spacial score (nSPS) is 15.0. The Labute approximate surface area is 123 Å². The Kier molecular flexibility index (Phi) is 4.08. The molecule has 6 heteroatoms. The lowest BCUT2D eigenvalue weighted by Gasteiger charge is -2.21. The van der Waals surface area contributed by atoms with Crippen molar-refractivity contribution in [3.63, 3.8) is 0 Å². The summed E-state index contributed by atoms with van der Waals surface area (Å²) in [5.74, 6) is 7.30. The maximum atomic E-state index is 5.71. The number of aromatic nitrogens is 2. The lowest BCUT2D eigenvalue weighted by molar-refractivity contribution is 0.171. The van der Waals surface area contributed by atoms with Crippen LogP contribution in [0.5, 0.6) is 11.5 Å². The van der Waals surface area contributed by atoms with E-state index in [1.54, 1.807) is 0 Å². The van der Waals surface area contributed by atoms with Crippen molar-refractivity contribution >= 4 is 0 Å². The summed E-state index contributed by atoms with van der Waals surface area (Å²) in [7, 11) is 1.92. The minimum Gasteiger partial charge on any atom is -0.486 e. The molecule has 1 aromatic carbocycles. The summed E-state index contributed by atoms with van der Waals surface area (Å²) in [4.78, 5) is 0. The summed E-state index contributed by atoms with van der Waals surface area (Å²) in [5, 5.41) is 4.18. The molecule has 2 heterocycles. The second kappa shape index (κ2) is 6.15. The van der Waals surface area contributed by atoms with Crippen LogP contribution in [-0.2, 0) is 13.5 Å². The summed E-state index contributed by atoms with van der Waals surface area (Å²) in [6.45, 7) is 1.19. The lowest BCUT2D eigenvalue weighted by atomic mass is 10.00. The third-order valence-electron chi connectivity index (χ3n) is 3.65. The van der Waals surface area contributed by atoms with Gasteiger partial charge in [0.15, 0.2) is 11.5 Å². The van der Waals surface area contributed by atoms with Gasteiger partial charge in [-0.3, -0.25) is 16.0 Å². The molecule has 1 aliphatic rings. The SMILES string of the molecule is Cn1cc(CCC(NN)c2ccc3c(c2)OCCO3)cn1. The molecule has 6 nitrogen and oxygen atoms in total. The second-order valence-electron chi connectivity index (χ2n) is 5.18. The van der Waals surface area contributed by atoms with Gasteiger partial charge in [0.05, 0.1) is 6.20 Å². The Morgan fingerprint density at radius 1 is 1.33 bits per heavy atom. The highest BCUT2D eigenvalue weighted by Gasteiger charge is 2.16. The highest BCUT2D eigenvalue weighted by Crippen LogP contribution is 2.33. The number of fused-ring (bicyclic) bond motifs is 1. The highest BCUT2D eigenvalue weighted by molar-refractivity contribution is 5.44. The monoisotopic (exact) mass is 288 g/mol. The number of hydrazine groups is 1. The zero-order valence-corrected chi connectivity index (χ0v) is 12.1.